The molecule has 0 radical (unpaired) electrons. The number of benzene rings is 2. The van der Waals surface area contributed by atoms with Gasteiger partial charge >= 0.3 is 0 Å². The molecule has 0 spiro atoms. The van der Waals surface area contributed by atoms with Crippen molar-refractivity contribution in [3.05, 3.63) is 53.7 Å². The number of fused-ring (bicyclic) bond motifs is 2. The largest absolute Gasteiger partial charge is 0.378 e. The molecule has 148 valence electrons. The van der Waals surface area contributed by atoms with Crippen LogP contribution in [0.25, 0.3) is 21.1 Å². The number of aromatic nitrogens is 2. The van der Waals surface area contributed by atoms with Crippen molar-refractivity contribution >= 4 is 49.2 Å². The average molecular weight is 407 g/mol. The molecule has 1 fully saturated rings. The van der Waals surface area contributed by atoms with E-state index in [2.05, 4.69) is 21.3 Å². The third-order valence-electron chi connectivity index (χ3n) is 5.31. The number of aromatic amines is 1. The highest BCUT2D eigenvalue weighted by atomic mass is 32.1. The highest BCUT2D eigenvalue weighted by molar-refractivity contribution is 7.22. The van der Waals surface area contributed by atoms with Gasteiger partial charge in [0, 0.05) is 35.4 Å². The van der Waals surface area contributed by atoms with Crippen LogP contribution in [0.4, 0.5) is 10.8 Å². The van der Waals surface area contributed by atoms with Gasteiger partial charge in [-0.25, -0.2) is 4.98 Å². The number of anilines is 2. The Balaban J connectivity index is 1.34. The van der Waals surface area contributed by atoms with Crippen molar-refractivity contribution in [2.45, 2.75) is 13.3 Å². The van der Waals surface area contributed by atoms with E-state index in [1.165, 1.54) is 0 Å². The number of thiazole rings is 1. The molecule has 1 amide bonds. The number of hydrogen-bond acceptors (Lipinski definition) is 5. The Morgan fingerprint density at radius 3 is 2.93 bits per heavy atom. The zero-order valence-electron chi connectivity index (χ0n) is 16.2. The second-order valence-corrected chi connectivity index (χ2v) is 8.29. The Morgan fingerprint density at radius 1 is 1.24 bits per heavy atom. The summed E-state index contributed by atoms with van der Waals surface area (Å²) in [7, 11) is 0. The average Bonchev–Trinajstić information content (AvgIpc) is 3.29. The Kier molecular flexibility index (Phi) is 4.69. The molecule has 2 aromatic carbocycles. The summed E-state index contributed by atoms with van der Waals surface area (Å²) in [4.78, 5) is 23.1. The van der Waals surface area contributed by atoms with Gasteiger partial charge in [0.25, 0.3) is 0 Å². The number of nitrogens with zero attached hydrogens (tertiary/aromatic N) is 2. The van der Waals surface area contributed by atoms with Gasteiger partial charge in [0.2, 0.25) is 5.91 Å². The van der Waals surface area contributed by atoms with Crippen LogP contribution in [0.2, 0.25) is 0 Å². The van der Waals surface area contributed by atoms with Crippen LogP contribution < -0.4 is 10.2 Å². The SMILES string of the molecule is Cc1[nH]c2ccccc2c1CC(=O)Nc1ccc2nc(N3CCOCC3)sc2c1. The number of aryl methyl sites for hydroxylation is 1. The van der Waals surface area contributed by atoms with E-state index in [-0.39, 0.29) is 5.91 Å². The molecule has 1 aliphatic heterocycles. The van der Waals surface area contributed by atoms with E-state index in [9.17, 15) is 4.79 Å². The molecular weight excluding hydrogens is 384 g/mol. The van der Waals surface area contributed by atoms with Crippen LogP contribution in [0.1, 0.15) is 11.3 Å². The highest BCUT2D eigenvalue weighted by Gasteiger charge is 2.16. The number of para-hydroxylation sites is 1. The fourth-order valence-corrected chi connectivity index (χ4v) is 4.86. The molecule has 1 saturated heterocycles. The normalized spacial score (nSPS) is 14.6. The summed E-state index contributed by atoms with van der Waals surface area (Å²) in [5.41, 5.74) is 4.91. The van der Waals surface area contributed by atoms with Crippen LogP contribution in [0.3, 0.4) is 0 Å². The highest BCUT2D eigenvalue weighted by Crippen LogP contribution is 2.31. The van der Waals surface area contributed by atoms with Gasteiger partial charge in [-0.15, -0.1) is 0 Å². The van der Waals surface area contributed by atoms with E-state index < -0.39 is 0 Å². The number of hydrogen-bond donors (Lipinski definition) is 2. The minimum atomic E-state index is -0.0184. The summed E-state index contributed by atoms with van der Waals surface area (Å²) in [6.45, 7) is 5.23. The predicted molar refractivity (Wildman–Crippen MR) is 118 cm³/mol. The second kappa shape index (κ2) is 7.50. The Hall–Kier alpha value is -2.90. The van der Waals surface area contributed by atoms with Gasteiger partial charge in [0.1, 0.15) is 0 Å². The van der Waals surface area contributed by atoms with Crippen molar-refractivity contribution in [1.29, 1.82) is 0 Å². The van der Waals surface area contributed by atoms with Gasteiger partial charge in [0.15, 0.2) is 5.13 Å². The quantitative estimate of drug-likeness (QED) is 0.535. The standard InChI is InChI=1S/C22H22N4O2S/c1-14-17(16-4-2-3-5-18(16)23-14)13-21(27)24-15-6-7-19-20(12-15)29-22(25-19)26-8-10-28-11-9-26/h2-7,12,23H,8-11,13H2,1H3,(H,24,27). The topological polar surface area (TPSA) is 70.2 Å². The molecule has 0 bridgehead atoms. The van der Waals surface area contributed by atoms with E-state index in [0.29, 0.717) is 6.42 Å². The third-order valence-corrected chi connectivity index (χ3v) is 6.39. The van der Waals surface area contributed by atoms with Gasteiger partial charge in [-0.05, 0) is 36.8 Å². The molecule has 2 N–H and O–H groups in total. The lowest BCUT2D eigenvalue weighted by molar-refractivity contribution is -0.115. The fourth-order valence-electron chi connectivity index (χ4n) is 3.81. The van der Waals surface area contributed by atoms with Crippen molar-refractivity contribution in [3.63, 3.8) is 0 Å². The molecule has 3 heterocycles. The maximum atomic E-state index is 12.7. The van der Waals surface area contributed by atoms with Crippen LogP contribution in [0.15, 0.2) is 42.5 Å². The lowest BCUT2D eigenvalue weighted by Crippen LogP contribution is -2.36. The van der Waals surface area contributed by atoms with Gasteiger partial charge < -0.3 is 19.9 Å². The summed E-state index contributed by atoms with van der Waals surface area (Å²) in [6, 6.07) is 14.0. The lowest BCUT2D eigenvalue weighted by atomic mass is 10.1. The fraction of sp³-hybridized carbons (Fsp3) is 0.273. The minimum Gasteiger partial charge on any atom is -0.378 e. The van der Waals surface area contributed by atoms with Crippen molar-refractivity contribution < 1.29 is 9.53 Å². The smallest absolute Gasteiger partial charge is 0.228 e. The van der Waals surface area contributed by atoms with Crippen LogP contribution in [-0.4, -0.2) is 42.2 Å². The maximum absolute atomic E-state index is 12.7. The van der Waals surface area contributed by atoms with E-state index in [1.807, 2.05) is 43.3 Å². The number of H-pyrrole nitrogens is 1. The summed E-state index contributed by atoms with van der Waals surface area (Å²) in [5, 5.41) is 5.17. The zero-order valence-corrected chi connectivity index (χ0v) is 17.0. The van der Waals surface area contributed by atoms with Crippen molar-refractivity contribution in [1.82, 2.24) is 9.97 Å². The minimum absolute atomic E-state index is 0.0184. The molecule has 0 atom stereocenters. The first kappa shape index (κ1) is 18.1. The monoisotopic (exact) mass is 406 g/mol. The van der Waals surface area contributed by atoms with Gasteiger partial charge in [-0.1, -0.05) is 29.5 Å². The maximum Gasteiger partial charge on any atom is 0.228 e. The summed E-state index contributed by atoms with van der Waals surface area (Å²) >= 11 is 1.66. The molecule has 7 heteroatoms. The van der Waals surface area contributed by atoms with Crippen LogP contribution in [0, 0.1) is 6.92 Å². The van der Waals surface area contributed by atoms with E-state index in [4.69, 9.17) is 9.72 Å². The summed E-state index contributed by atoms with van der Waals surface area (Å²) in [6.07, 6.45) is 0.343. The first-order valence-electron chi connectivity index (χ1n) is 9.77. The predicted octanol–water partition coefficient (Wildman–Crippen LogP) is 4.10. The van der Waals surface area contributed by atoms with Crippen molar-refractivity contribution in [2.75, 3.05) is 36.5 Å². The van der Waals surface area contributed by atoms with Crippen LogP contribution in [0.5, 0.6) is 0 Å². The Labute approximate surface area is 172 Å². The molecule has 0 aliphatic carbocycles. The van der Waals surface area contributed by atoms with Crippen molar-refractivity contribution in [2.24, 2.45) is 0 Å². The second-order valence-electron chi connectivity index (χ2n) is 7.28. The number of nitrogens with one attached hydrogen (secondary N) is 2. The molecular formula is C22H22N4O2S. The zero-order chi connectivity index (χ0) is 19.8. The van der Waals surface area contributed by atoms with Crippen molar-refractivity contribution in [3.8, 4) is 0 Å². The molecule has 29 heavy (non-hydrogen) atoms. The Morgan fingerprint density at radius 2 is 2.07 bits per heavy atom. The number of morpholine rings is 1. The molecule has 6 nitrogen and oxygen atoms in total. The molecule has 5 rings (SSSR count). The molecule has 4 aromatic rings. The Bertz CT molecular complexity index is 1190. The first-order valence-corrected chi connectivity index (χ1v) is 10.6. The summed E-state index contributed by atoms with van der Waals surface area (Å²) < 4.78 is 6.50. The number of carbonyl (C=O) groups is 1. The van der Waals surface area contributed by atoms with E-state index in [0.717, 1.165) is 69.5 Å². The molecule has 0 unspecified atom stereocenters. The summed E-state index contributed by atoms with van der Waals surface area (Å²) in [5.74, 6) is -0.0184. The van der Waals surface area contributed by atoms with Crippen LogP contribution in [-0.2, 0) is 16.0 Å². The third kappa shape index (κ3) is 3.59. The molecule has 0 saturated carbocycles. The number of amides is 1. The first-order chi connectivity index (χ1) is 14.2. The number of rotatable bonds is 4. The van der Waals surface area contributed by atoms with E-state index in [1.54, 1.807) is 11.3 Å². The molecule has 2 aromatic heterocycles. The van der Waals surface area contributed by atoms with Crippen LogP contribution >= 0.6 is 11.3 Å². The lowest BCUT2D eigenvalue weighted by Gasteiger charge is -2.25. The van der Waals surface area contributed by atoms with Gasteiger partial charge in [-0.2, -0.15) is 0 Å². The van der Waals surface area contributed by atoms with E-state index >= 15 is 0 Å². The van der Waals surface area contributed by atoms with Gasteiger partial charge in [-0.3, -0.25) is 4.79 Å². The number of carbonyl (C=O) groups excluding carboxylic acids is 1. The van der Waals surface area contributed by atoms with Gasteiger partial charge in [0.05, 0.1) is 29.9 Å². The number of ether oxygens (including phenoxy) is 1. The molecule has 1 aliphatic rings.